The first kappa shape index (κ1) is 22.0. The molecule has 2 aliphatic heterocycles. The molecule has 1 fully saturated rings. The van der Waals surface area contributed by atoms with E-state index in [1.165, 1.54) is 0 Å². The van der Waals surface area contributed by atoms with Gasteiger partial charge in [-0.25, -0.2) is 0 Å². The zero-order chi connectivity index (χ0) is 21.5. The Kier molecular flexibility index (Phi) is 7.64. The van der Waals surface area contributed by atoms with Crippen molar-refractivity contribution in [1.29, 1.82) is 0 Å². The normalized spacial score (nSPS) is 20.7. The molecule has 0 aromatic heterocycles. The van der Waals surface area contributed by atoms with Gasteiger partial charge in [0.25, 0.3) is 0 Å². The number of anilines is 1. The second-order valence-corrected chi connectivity index (χ2v) is 7.83. The molecule has 2 heterocycles. The minimum atomic E-state index is -1.16. The summed E-state index contributed by atoms with van der Waals surface area (Å²) in [5.41, 5.74) is 0.368. The summed E-state index contributed by atoms with van der Waals surface area (Å²) in [6.45, 7) is 1.41. The number of hydrogen-bond acceptors (Lipinski definition) is 6. The number of carbonyl (C=O) groups is 3. The number of hydrogen-bond donors (Lipinski definition) is 4. The van der Waals surface area contributed by atoms with Crippen LogP contribution < -0.4 is 20.3 Å². The van der Waals surface area contributed by atoms with E-state index in [1.54, 1.807) is 24.3 Å². The summed E-state index contributed by atoms with van der Waals surface area (Å²) in [7, 11) is 0. The summed E-state index contributed by atoms with van der Waals surface area (Å²) in [6, 6.07) is 4.85. The number of para-hydroxylation sites is 2. The largest absolute Gasteiger partial charge is 0.489 e. The highest BCUT2D eigenvalue weighted by Crippen LogP contribution is 2.31. The van der Waals surface area contributed by atoms with E-state index in [1.807, 2.05) is 0 Å². The smallest absolute Gasteiger partial charge is 0.323 e. The summed E-state index contributed by atoms with van der Waals surface area (Å²) < 4.78 is 5.71. The Bertz CT molecular complexity index is 765. The molecular formula is C21H29N3O6. The number of piperidine rings is 1. The zero-order valence-electron chi connectivity index (χ0n) is 16.9. The van der Waals surface area contributed by atoms with Gasteiger partial charge in [-0.2, -0.15) is 0 Å². The van der Waals surface area contributed by atoms with Gasteiger partial charge in [0.05, 0.1) is 5.69 Å². The third-order valence-electron chi connectivity index (χ3n) is 5.68. The number of rotatable bonds is 9. The first-order chi connectivity index (χ1) is 14.5. The molecular weight excluding hydrogens is 390 g/mol. The minimum Gasteiger partial charge on any atom is -0.489 e. The van der Waals surface area contributed by atoms with E-state index in [2.05, 4.69) is 10.6 Å². The fourth-order valence-electron chi connectivity index (χ4n) is 4.07. The lowest BCUT2D eigenvalue weighted by atomic mass is 9.91. The highest BCUT2D eigenvalue weighted by molar-refractivity contribution is 6.02. The van der Waals surface area contributed by atoms with Crippen LogP contribution in [-0.4, -0.2) is 66.4 Å². The fourth-order valence-corrected chi connectivity index (χ4v) is 4.07. The Morgan fingerprint density at radius 1 is 1.23 bits per heavy atom. The Morgan fingerprint density at radius 2 is 1.97 bits per heavy atom. The Labute approximate surface area is 175 Å². The van der Waals surface area contributed by atoms with Gasteiger partial charge in [-0.05, 0) is 50.4 Å². The van der Waals surface area contributed by atoms with E-state index < -0.39 is 36.5 Å². The average Bonchev–Trinajstić information content (AvgIpc) is 2.85. The van der Waals surface area contributed by atoms with Gasteiger partial charge in [0.2, 0.25) is 5.91 Å². The SMILES string of the molecule is O=C(O)CN1C(=O)[C@@H](NC(CCCC2CCNCC2)C(=O)O)COc2ccccc21. The van der Waals surface area contributed by atoms with Crippen LogP contribution in [-0.2, 0) is 14.4 Å². The van der Waals surface area contributed by atoms with Gasteiger partial charge in [-0.15, -0.1) is 0 Å². The van der Waals surface area contributed by atoms with Crippen molar-refractivity contribution in [2.24, 2.45) is 5.92 Å². The Morgan fingerprint density at radius 3 is 2.67 bits per heavy atom. The summed E-state index contributed by atoms with van der Waals surface area (Å²) in [4.78, 5) is 37.3. The topological polar surface area (TPSA) is 128 Å². The van der Waals surface area contributed by atoms with Gasteiger partial charge in [0, 0.05) is 0 Å². The molecule has 4 N–H and O–H groups in total. The number of fused-ring (bicyclic) bond motifs is 1. The second kappa shape index (κ2) is 10.4. The van der Waals surface area contributed by atoms with Gasteiger partial charge < -0.3 is 20.3 Å². The van der Waals surface area contributed by atoms with Crippen LogP contribution in [0.4, 0.5) is 5.69 Å². The molecule has 2 atom stereocenters. The van der Waals surface area contributed by atoms with Crippen LogP contribution in [0.1, 0.15) is 32.1 Å². The van der Waals surface area contributed by atoms with Crippen LogP contribution in [0.3, 0.4) is 0 Å². The predicted molar refractivity (Wildman–Crippen MR) is 110 cm³/mol. The molecule has 2 aliphatic rings. The van der Waals surface area contributed by atoms with Gasteiger partial charge >= 0.3 is 11.9 Å². The van der Waals surface area contributed by atoms with Crippen molar-refractivity contribution < 1.29 is 29.3 Å². The lowest BCUT2D eigenvalue weighted by molar-refractivity contribution is -0.141. The summed E-state index contributed by atoms with van der Waals surface area (Å²) in [5.74, 6) is -1.69. The van der Waals surface area contributed by atoms with Crippen molar-refractivity contribution in [3.8, 4) is 5.75 Å². The Hall–Kier alpha value is -2.65. The van der Waals surface area contributed by atoms with Crippen molar-refractivity contribution in [2.75, 3.05) is 31.1 Å². The van der Waals surface area contributed by atoms with Gasteiger partial charge in [0.1, 0.15) is 31.0 Å². The number of ether oxygens (including phenoxy) is 1. The van der Waals surface area contributed by atoms with E-state index in [0.717, 1.165) is 43.7 Å². The van der Waals surface area contributed by atoms with E-state index in [0.29, 0.717) is 23.8 Å². The fraction of sp³-hybridized carbons (Fsp3) is 0.571. The van der Waals surface area contributed by atoms with Gasteiger partial charge in [-0.3, -0.25) is 24.6 Å². The molecule has 1 amide bonds. The molecule has 9 nitrogen and oxygen atoms in total. The van der Waals surface area contributed by atoms with E-state index in [4.69, 9.17) is 4.74 Å². The maximum Gasteiger partial charge on any atom is 0.323 e. The third-order valence-corrected chi connectivity index (χ3v) is 5.68. The molecule has 0 bridgehead atoms. The number of nitrogens with zero attached hydrogens (tertiary/aromatic N) is 1. The predicted octanol–water partition coefficient (Wildman–Crippen LogP) is 1.08. The molecule has 0 saturated carbocycles. The number of amides is 1. The summed E-state index contributed by atoms with van der Waals surface area (Å²) in [6.07, 6.45) is 4.30. The number of carboxylic acids is 2. The van der Waals surface area contributed by atoms with Crippen LogP contribution in [0.2, 0.25) is 0 Å². The molecule has 3 rings (SSSR count). The van der Waals surface area contributed by atoms with Crippen LogP contribution in [0.25, 0.3) is 0 Å². The number of carbonyl (C=O) groups excluding carboxylic acids is 1. The summed E-state index contributed by atoms with van der Waals surface area (Å²) >= 11 is 0. The summed E-state index contributed by atoms with van der Waals surface area (Å²) in [5, 5.41) is 25.1. The highest BCUT2D eigenvalue weighted by atomic mass is 16.5. The van der Waals surface area contributed by atoms with Crippen molar-refractivity contribution >= 4 is 23.5 Å². The number of carboxylic acid groups (broad SMARTS) is 2. The lowest BCUT2D eigenvalue weighted by Crippen LogP contribution is -2.54. The second-order valence-electron chi connectivity index (χ2n) is 7.83. The highest BCUT2D eigenvalue weighted by Gasteiger charge is 2.35. The number of aliphatic carboxylic acids is 2. The van der Waals surface area contributed by atoms with E-state index in [-0.39, 0.29) is 6.61 Å². The van der Waals surface area contributed by atoms with Crippen molar-refractivity contribution in [3.63, 3.8) is 0 Å². The quantitative estimate of drug-likeness (QED) is 0.468. The first-order valence-electron chi connectivity index (χ1n) is 10.4. The number of benzene rings is 1. The average molecular weight is 419 g/mol. The van der Waals surface area contributed by atoms with Crippen molar-refractivity contribution in [1.82, 2.24) is 10.6 Å². The van der Waals surface area contributed by atoms with Crippen molar-refractivity contribution in [2.45, 2.75) is 44.2 Å². The van der Waals surface area contributed by atoms with Crippen LogP contribution >= 0.6 is 0 Å². The maximum atomic E-state index is 13.0. The molecule has 0 radical (unpaired) electrons. The standard InChI is InChI=1S/C21H29N3O6/c25-19(26)12-24-17-6-1-2-7-18(17)30-13-16(20(24)27)23-15(21(28)29)5-3-4-14-8-10-22-11-9-14/h1-2,6-7,14-16,22-23H,3-5,8-13H2,(H,25,26)(H,28,29)/t15?,16-/m0/s1. The Balaban J connectivity index is 1.66. The molecule has 0 aliphatic carbocycles. The zero-order valence-corrected chi connectivity index (χ0v) is 16.9. The minimum absolute atomic E-state index is 0.0654. The monoisotopic (exact) mass is 419 g/mol. The molecule has 30 heavy (non-hydrogen) atoms. The molecule has 1 saturated heterocycles. The molecule has 164 valence electrons. The third kappa shape index (κ3) is 5.70. The molecule has 9 heteroatoms. The van der Waals surface area contributed by atoms with E-state index in [9.17, 15) is 24.6 Å². The molecule has 1 aromatic carbocycles. The van der Waals surface area contributed by atoms with E-state index >= 15 is 0 Å². The lowest BCUT2D eigenvalue weighted by Gasteiger charge is -2.26. The molecule has 0 spiro atoms. The van der Waals surface area contributed by atoms with Crippen LogP contribution in [0.15, 0.2) is 24.3 Å². The maximum absolute atomic E-state index is 13.0. The van der Waals surface area contributed by atoms with Gasteiger partial charge in [-0.1, -0.05) is 25.0 Å². The molecule has 1 unspecified atom stereocenters. The number of nitrogens with one attached hydrogen (secondary N) is 2. The van der Waals surface area contributed by atoms with Gasteiger partial charge in [0.15, 0.2) is 0 Å². The first-order valence-corrected chi connectivity index (χ1v) is 10.4. The van der Waals surface area contributed by atoms with Crippen LogP contribution in [0, 0.1) is 5.92 Å². The van der Waals surface area contributed by atoms with Crippen molar-refractivity contribution in [3.05, 3.63) is 24.3 Å². The van der Waals surface area contributed by atoms with Crippen LogP contribution in [0.5, 0.6) is 5.75 Å². The molecule has 1 aromatic rings.